The first-order valence-corrected chi connectivity index (χ1v) is 9.89. The van der Waals surface area contributed by atoms with Gasteiger partial charge in [0.05, 0.1) is 17.8 Å². The summed E-state index contributed by atoms with van der Waals surface area (Å²) in [5, 5.41) is 13.8. The summed E-state index contributed by atoms with van der Waals surface area (Å²) in [4.78, 5) is 5.08. The van der Waals surface area contributed by atoms with E-state index in [2.05, 4.69) is 66.7 Å². The molecular formula is C27H21NO. The van der Waals surface area contributed by atoms with Gasteiger partial charge in [0.1, 0.15) is 0 Å². The Bertz CT molecular complexity index is 1290. The molecule has 2 nitrogen and oxygen atoms in total. The van der Waals surface area contributed by atoms with E-state index in [1.54, 1.807) is 0 Å². The second kappa shape index (κ2) is 7.50. The Labute approximate surface area is 170 Å². The second-order valence-electron chi connectivity index (χ2n) is 7.29. The minimum Gasteiger partial charge on any atom is -0.395 e. The van der Waals surface area contributed by atoms with E-state index in [-0.39, 0.29) is 12.5 Å². The molecule has 0 saturated heterocycles. The number of aromatic nitrogens is 1. The summed E-state index contributed by atoms with van der Waals surface area (Å²) in [6.45, 7) is 0.0296. The number of benzene rings is 4. The van der Waals surface area contributed by atoms with Crippen LogP contribution in [0.4, 0.5) is 0 Å². The lowest BCUT2D eigenvalue weighted by molar-refractivity contribution is 0.281. The number of hydrogen-bond donors (Lipinski definition) is 1. The molecule has 0 fully saturated rings. The first-order valence-electron chi connectivity index (χ1n) is 9.89. The molecule has 1 unspecified atom stereocenters. The predicted octanol–water partition coefficient (Wildman–Crippen LogP) is 6.18. The normalized spacial score (nSPS) is 12.3. The third kappa shape index (κ3) is 3.18. The lowest BCUT2D eigenvalue weighted by Crippen LogP contribution is -2.09. The average Bonchev–Trinajstić information content (AvgIpc) is 2.79. The molecule has 4 aromatic carbocycles. The monoisotopic (exact) mass is 375 g/mol. The van der Waals surface area contributed by atoms with Crippen molar-refractivity contribution in [2.75, 3.05) is 6.61 Å². The molecule has 1 heterocycles. The topological polar surface area (TPSA) is 33.1 Å². The number of nitrogens with zero attached hydrogens (tertiary/aromatic N) is 1. The summed E-state index contributed by atoms with van der Waals surface area (Å²) >= 11 is 0. The maximum Gasteiger partial charge on any atom is 0.0755 e. The molecule has 5 rings (SSSR count). The van der Waals surface area contributed by atoms with Crippen LogP contribution in [-0.4, -0.2) is 16.7 Å². The van der Waals surface area contributed by atoms with Crippen LogP contribution in [0.5, 0.6) is 0 Å². The average molecular weight is 375 g/mol. The Kier molecular flexibility index (Phi) is 4.55. The van der Waals surface area contributed by atoms with E-state index in [1.165, 1.54) is 10.8 Å². The number of para-hydroxylation sites is 1. The number of hydrogen-bond acceptors (Lipinski definition) is 2. The van der Waals surface area contributed by atoms with E-state index in [4.69, 9.17) is 4.98 Å². The number of pyridine rings is 1. The van der Waals surface area contributed by atoms with E-state index in [1.807, 2.05) is 36.4 Å². The third-order valence-electron chi connectivity index (χ3n) is 5.56. The minimum atomic E-state index is -0.137. The van der Waals surface area contributed by atoms with Crippen molar-refractivity contribution >= 4 is 21.7 Å². The van der Waals surface area contributed by atoms with Crippen molar-refractivity contribution in [3.05, 3.63) is 114 Å². The van der Waals surface area contributed by atoms with Gasteiger partial charge in [0.25, 0.3) is 0 Å². The number of aliphatic hydroxyl groups excluding tert-OH is 1. The SMILES string of the molecule is OCC(c1ccccc1)c1cc2ccccc2nc1-c1cccc2ccccc12. The van der Waals surface area contributed by atoms with Gasteiger partial charge in [-0.2, -0.15) is 0 Å². The quantitative estimate of drug-likeness (QED) is 0.407. The predicted molar refractivity (Wildman–Crippen MR) is 120 cm³/mol. The Morgan fingerprint density at radius 2 is 1.38 bits per heavy atom. The van der Waals surface area contributed by atoms with Crippen LogP contribution in [0, 0.1) is 0 Å². The summed E-state index contributed by atoms with van der Waals surface area (Å²) < 4.78 is 0. The summed E-state index contributed by atoms with van der Waals surface area (Å²) in [5.74, 6) is -0.137. The summed E-state index contributed by atoms with van der Waals surface area (Å²) in [6, 6.07) is 35.3. The highest BCUT2D eigenvalue weighted by atomic mass is 16.3. The summed E-state index contributed by atoms with van der Waals surface area (Å²) in [5.41, 5.74) is 5.13. The van der Waals surface area contributed by atoms with Crippen LogP contribution in [0.15, 0.2) is 103 Å². The van der Waals surface area contributed by atoms with Gasteiger partial charge >= 0.3 is 0 Å². The smallest absolute Gasteiger partial charge is 0.0755 e. The maximum absolute atomic E-state index is 10.4. The van der Waals surface area contributed by atoms with Gasteiger partial charge in [0, 0.05) is 16.9 Å². The molecule has 140 valence electrons. The fourth-order valence-electron chi connectivity index (χ4n) is 4.11. The van der Waals surface area contributed by atoms with Gasteiger partial charge in [-0.25, -0.2) is 4.98 Å². The van der Waals surface area contributed by atoms with Crippen LogP contribution in [0.25, 0.3) is 32.9 Å². The lowest BCUT2D eigenvalue weighted by Gasteiger charge is -2.20. The van der Waals surface area contributed by atoms with Crippen molar-refractivity contribution in [2.24, 2.45) is 0 Å². The largest absolute Gasteiger partial charge is 0.395 e. The number of aliphatic hydroxyl groups is 1. The van der Waals surface area contributed by atoms with Gasteiger partial charge in [0.2, 0.25) is 0 Å². The molecule has 1 aromatic heterocycles. The van der Waals surface area contributed by atoms with Crippen LogP contribution in [-0.2, 0) is 0 Å². The Balaban J connectivity index is 1.83. The zero-order valence-electron chi connectivity index (χ0n) is 16.0. The Hall–Kier alpha value is -3.49. The Morgan fingerprint density at radius 3 is 2.21 bits per heavy atom. The molecule has 1 atom stereocenters. The molecular weight excluding hydrogens is 354 g/mol. The second-order valence-corrected chi connectivity index (χ2v) is 7.29. The Morgan fingerprint density at radius 1 is 0.690 bits per heavy atom. The molecule has 0 spiro atoms. The molecule has 0 saturated carbocycles. The van der Waals surface area contributed by atoms with Crippen molar-refractivity contribution in [3.8, 4) is 11.3 Å². The molecule has 0 radical (unpaired) electrons. The molecule has 0 aliphatic carbocycles. The van der Waals surface area contributed by atoms with E-state index >= 15 is 0 Å². The highest BCUT2D eigenvalue weighted by Gasteiger charge is 2.21. The van der Waals surface area contributed by atoms with E-state index in [0.29, 0.717) is 0 Å². The van der Waals surface area contributed by atoms with Gasteiger partial charge in [0.15, 0.2) is 0 Å². The lowest BCUT2D eigenvalue weighted by atomic mass is 9.87. The zero-order valence-corrected chi connectivity index (χ0v) is 16.0. The third-order valence-corrected chi connectivity index (χ3v) is 5.56. The van der Waals surface area contributed by atoms with Gasteiger partial charge in [-0.3, -0.25) is 0 Å². The molecule has 0 aliphatic heterocycles. The zero-order chi connectivity index (χ0) is 19.6. The molecule has 1 N–H and O–H groups in total. The molecule has 0 bridgehead atoms. The summed E-state index contributed by atoms with van der Waals surface area (Å²) in [7, 11) is 0. The van der Waals surface area contributed by atoms with Gasteiger partial charge in [-0.1, -0.05) is 91.0 Å². The highest BCUT2D eigenvalue weighted by Crippen LogP contribution is 2.37. The first kappa shape index (κ1) is 17.6. The van der Waals surface area contributed by atoms with Crippen LogP contribution in [0.1, 0.15) is 17.0 Å². The van der Waals surface area contributed by atoms with Crippen LogP contribution in [0.3, 0.4) is 0 Å². The summed E-state index contributed by atoms with van der Waals surface area (Å²) in [6.07, 6.45) is 0. The minimum absolute atomic E-state index is 0.0296. The van der Waals surface area contributed by atoms with Crippen LogP contribution >= 0.6 is 0 Å². The van der Waals surface area contributed by atoms with E-state index < -0.39 is 0 Å². The molecule has 2 heteroatoms. The van der Waals surface area contributed by atoms with Crippen molar-refractivity contribution in [3.63, 3.8) is 0 Å². The van der Waals surface area contributed by atoms with Gasteiger partial charge in [-0.15, -0.1) is 0 Å². The molecule has 5 aromatic rings. The van der Waals surface area contributed by atoms with Crippen molar-refractivity contribution in [2.45, 2.75) is 5.92 Å². The van der Waals surface area contributed by atoms with Gasteiger partial charge in [-0.05, 0) is 34.0 Å². The van der Waals surface area contributed by atoms with Crippen LogP contribution < -0.4 is 0 Å². The van der Waals surface area contributed by atoms with Crippen molar-refractivity contribution in [1.82, 2.24) is 4.98 Å². The van der Waals surface area contributed by atoms with Crippen molar-refractivity contribution in [1.29, 1.82) is 0 Å². The fraction of sp³-hybridized carbons (Fsp3) is 0.0741. The maximum atomic E-state index is 10.4. The van der Waals surface area contributed by atoms with Crippen molar-refractivity contribution < 1.29 is 5.11 Å². The first-order chi connectivity index (χ1) is 14.3. The molecule has 0 amide bonds. The standard InChI is InChI=1S/C27H21NO/c29-18-25(20-9-2-1-3-10-20)24-17-21-12-5-7-16-26(21)28-27(24)23-15-8-13-19-11-4-6-14-22(19)23/h1-17,25,29H,18H2. The highest BCUT2D eigenvalue weighted by molar-refractivity contribution is 5.98. The van der Waals surface area contributed by atoms with E-state index in [0.717, 1.165) is 33.3 Å². The van der Waals surface area contributed by atoms with Gasteiger partial charge < -0.3 is 5.11 Å². The van der Waals surface area contributed by atoms with Crippen LogP contribution in [0.2, 0.25) is 0 Å². The number of rotatable bonds is 4. The molecule has 0 aliphatic rings. The fourth-order valence-corrected chi connectivity index (χ4v) is 4.11. The molecule has 29 heavy (non-hydrogen) atoms. The number of fused-ring (bicyclic) bond motifs is 2. The van der Waals surface area contributed by atoms with E-state index in [9.17, 15) is 5.11 Å².